The van der Waals surface area contributed by atoms with Gasteiger partial charge in [0.15, 0.2) is 0 Å². The van der Waals surface area contributed by atoms with E-state index in [9.17, 15) is 0 Å². The number of hydrogen-bond donors (Lipinski definition) is 0. The zero-order chi connectivity index (χ0) is 28.1. The second-order valence-corrected chi connectivity index (χ2v) is 11.2. The summed E-state index contributed by atoms with van der Waals surface area (Å²) in [5, 5.41) is 3.70. The molecule has 4 aromatic carbocycles. The van der Waals surface area contributed by atoms with Crippen LogP contribution >= 0.6 is 0 Å². The van der Waals surface area contributed by atoms with Crippen LogP contribution in [0.5, 0.6) is 0 Å². The van der Waals surface area contributed by atoms with E-state index < -0.39 is 0 Å². The van der Waals surface area contributed by atoms with Crippen LogP contribution in [0.15, 0.2) is 140 Å². The van der Waals surface area contributed by atoms with Crippen molar-refractivity contribution in [1.82, 2.24) is 0 Å². The summed E-state index contributed by atoms with van der Waals surface area (Å²) in [6.07, 6.45) is 18.0. The van der Waals surface area contributed by atoms with Crippen molar-refractivity contribution in [3.63, 3.8) is 0 Å². The SMILES string of the molecule is b1c(-c2ccc(C3=CCCC=C3)cc2)bc(-c2ccc(-c3ccccc3)cc2)bc1-c1ccc(C2=CC=CCC2)cc1. The fourth-order valence-corrected chi connectivity index (χ4v) is 6.02. The monoisotopic (exact) mass is 532 g/mol. The number of hydrogen-bond acceptors (Lipinski definition) is 0. The average Bonchev–Trinajstić information content (AvgIpc) is 3.09. The Balaban J connectivity index is 1.27. The Morgan fingerprint density at radius 3 is 1.48 bits per heavy atom. The van der Waals surface area contributed by atoms with E-state index in [2.05, 4.69) is 160 Å². The molecular formula is C39H31B3. The van der Waals surface area contributed by atoms with Crippen LogP contribution in [0.3, 0.4) is 0 Å². The molecule has 0 radical (unpaired) electrons. The molecule has 7 rings (SSSR count). The zero-order valence-electron chi connectivity index (χ0n) is 23.8. The predicted octanol–water partition coefficient (Wildman–Crippen LogP) is 9.84. The molecule has 42 heavy (non-hydrogen) atoms. The van der Waals surface area contributed by atoms with E-state index in [1.54, 1.807) is 0 Å². The van der Waals surface area contributed by atoms with Crippen molar-refractivity contribution in [2.24, 2.45) is 0 Å². The molecule has 0 atom stereocenters. The van der Waals surface area contributed by atoms with E-state index in [4.69, 9.17) is 0 Å². The van der Waals surface area contributed by atoms with Gasteiger partial charge in [-0.2, -0.15) is 0 Å². The summed E-state index contributed by atoms with van der Waals surface area (Å²) >= 11 is 0. The third-order valence-corrected chi connectivity index (χ3v) is 8.41. The fourth-order valence-electron chi connectivity index (χ4n) is 6.02. The Bertz CT molecular complexity index is 1820. The molecule has 3 heteroatoms. The fraction of sp³-hybridized carbons (Fsp3) is 0.103. The van der Waals surface area contributed by atoms with Gasteiger partial charge in [0.25, 0.3) is 0 Å². The topological polar surface area (TPSA) is 0 Å². The molecule has 1 aromatic heterocycles. The van der Waals surface area contributed by atoms with Crippen LogP contribution in [0.1, 0.15) is 36.8 Å². The van der Waals surface area contributed by atoms with Gasteiger partial charge >= 0.3 is 252 Å². The van der Waals surface area contributed by atoms with Gasteiger partial charge in [-0.15, -0.1) is 0 Å². The van der Waals surface area contributed by atoms with Gasteiger partial charge in [-0.3, -0.25) is 0 Å². The Kier molecular flexibility index (Phi) is 7.74. The second-order valence-electron chi connectivity index (χ2n) is 11.2. The van der Waals surface area contributed by atoms with Crippen LogP contribution < -0.4 is 0 Å². The van der Waals surface area contributed by atoms with Crippen LogP contribution in [0.2, 0.25) is 0 Å². The van der Waals surface area contributed by atoms with Gasteiger partial charge < -0.3 is 0 Å². The van der Waals surface area contributed by atoms with E-state index in [0.29, 0.717) is 0 Å². The van der Waals surface area contributed by atoms with Gasteiger partial charge in [0.2, 0.25) is 0 Å². The van der Waals surface area contributed by atoms with E-state index in [1.807, 2.05) is 0 Å². The van der Waals surface area contributed by atoms with Crippen molar-refractivity contribution in [1.29, 1.82) is 0 Å². The first kappa shape index (κ1) is 26.5. The van der Waals surface area contributed by atoms with Crippen LogP contribution in [0.4, 0.5) is 0 Å². The molecule has 0 bridgehead atoms. The quantitative estimate of drug-likeness (QED) is 0.204. The Morgan fingerprint density at radius 1 is 0.429 bits per heavy atom. The first-order chi connectivity index (χ1) is 20.8. The van der Waals surface area contributed by atoms with Crippen molar-refractivity contribution in [2.45, 2.75) is 25.7 Å². The molecule has 0 N–H and O–H groups in total. The van der Waals surface area contributed by atoms with Gasteiger partial charge in [0.05, 0.1) is 0 Å². The minimum atomic E-state index is 1.11. The first-order valence-electron chi connectivity index (χ1n) is 15.1. The molecule has 0 aliphatic heterocycles. The van der Waals surface area contributed by atoms with Gasteiger partial charge in [0.1, 0.15) is 0 Å². The summed E-state index contributed by atoms with van der Waals surface area (Å²) in [5.41, 5.74) is 11.5. The van der Waals surface area contributed by atoms with Gasteiger partial charge in [0, 0.05) is 0 Å². The third-order valence-electron chi connectivity index (χ3n) is 8.41. The van der Waals surface area contributed by atoms with Crippen LogP contribution in [-0.2, 0) is 0 Å². The summed E-state index contributed by atoms with van der Waals surface area (Å²) in [6, 6.07) is 37.7. The number of benzene rings is 4. The first-order valence-corrected chi connectivity index (χ1v) is 15.1. The van der Waals surface area contributed by atoms with Gasteiger partial charge in [-0.1, -0.05) is 0 Å². The summed E-state index contributed by atoms with van der Waals surface area (Å²) in [7, 11) is 0. The van der Waals surface area contributed by atoms with Crippen LogP contribution in [0, 0.1) is 0 Å². The molecule has 0 nitrogen and oxygen atoms in total. The summed E-state index contributed by atoms with van der Waals surface area (Å²) < 4.78 is 0. The standard InChI is InChI=1S/C39H31B3/c1-4-10-28(11-5-1)31-16-22-34(23-17-31)37-40-38(35-24-18-32(19-25-35)29-12-6-2-7-13-29)42-39(41-37)36-26-20-33(21-27-36)30-14-8-3-9-15-30/h1-2,4-6,8,10-12,14-27H,3,7,9,13H2. The maximum absolute atomic E-state index is 2.34. The molecule has 2 aliphatic rings. The van der Waals surface area contributed by atoms with Crippen molar-refractivity contribution in [3.8, 4) is 43.9 Å². The van der Waals surface area contributed by atoms with E-state index >= 15 is 0 Å². The molecule has 0 unspecified atom stereocenters. The van der Waals surface area contributed by atoms with Crippen molar-refractivity contribution >= 4 is 31.9 Å². The number of rotatable bonds is 6. The maximum atomic E-state index is 2.34. The van der Waals surface area contributed by atoms with Crippen molar-refractivity contribution in [3.05, 3.63) is 151 Å². The summed E-state index contributed by atoms with van der Waals surface area (Å²) in [5.74, 6) is 0. The molecule has 0 amide bonds. The number of allylic oxidation sites excluding steroid dienone is 8. The zero-order valence-corrected chi connectivity index (χ0v) is 23.8. The molecule has 196 valence electrons. The van der Waals surface area contributed by atoms with E-state index in [1.165, 1.54) is 66.2 Å². The molecule has 2 aliphatic carbocycles. The predicted molar refractivity (Wildman–Crippen MR) is 185 cm³/mol. The van der Waals surface area contributed by atoms with Crippen molar-refractivity contribution < 1.29 is 0 Å². The van der Waals surface area contributed by atoms with Crippen LogP contribution in [-0.4, -0.2) is 20.7 Å². The second kappa shape index (κ2) is 12.3. The molecule has 0 spiro atoms. The Hall–Kier alpha value is -4.36. The molecule has 0 fully saturated rings. The Morgan fingerprint density at radius 2 is 0.952 bits per heavy atom. The van der Waals surface area contributed by atoms with E-state index in [-0.39, 0.29) is 0 Å². The van der Waals surface area contributed by atoms with E-state index in [0.717, 1.165) is 25.7 Å². The normalized spacial score (nSPS) is 14.1. The molecule has 0 saturated carbocycles. The summed E-state index contributed by atoms with van der Waals surface area (Å²) in [6.45, 7) is 7.02. The average molecular weight is 532 g/mol. The Labute approximate surface area is 251 Å². The van der Waals surface area contributed by atoms with Gasteiger partial charge in [-0.25, -0.2) is 0 Å². The minimum absolute atomic E-state index is 1.11. The molecular weight excluding hydrogens is 501 g/mol. The van der Waals surface area contributed by atoms with Crippen LogP contribution in [0.25, 0.3) is 55.0 Å². The summed E-state index contributed by atoms with van der Waals surface area (Å²) in [4.78, 5) is 0. The molecule has 5 aromatic rings. The third kappa shape index (κ3) is 5.83. The molecule has 0 saturated heterocycles. The van der Waals surface area contributed by atoms with Gasteiger partial charge in [-0.05, 0) is 0 Å². The van der Waals surface area contributed by atoms with Crippen molar-refractivity contribution in [2.75, 3.05) is 0 Å². The molecule has 1 heterocycles.